The van der Waals surface area contributed by atoms with E-state index in [-0.39, 0.29) is 6.61 Å². The van der Waals surface area contributed by atoms with Crippen molar-refractivity contribution >= 4 is 17.4 Å². The molecule has 0 bridgehead atoms. The van der Waals surface area contributed by atoms with Crippen LogP contribution in [0, 0.1) is 0 Å². The number of nitrogens with zero attached hydrogens (tertiary/aromatic N) is 3. The van der Waals surface area contributed by atoms with Crippen LogP contribution in [0.15, 0.2) is 6.07 Å². The summed E-state index contributed by atoms with van der Waals surface area (Å²) in [5.41, 5.74) is 0. The minimum Gasteiger partial charge on any atom is -0.395 e. The standard InChI is InChI=1S/C14H22ClN3O/c1-2-5-13-16-12(15)10-14(17-13)18(8-9-19)11-6-3-4-7-11/h10-11,19H,2-9H2,1H3. The SMILES string of the molecule is CCCc1nc(Cl)cc(N(CCO)C2CCCC2)n1. The van der Waals surface area contributed by atoms with Gasteiger partial charge in [0.15, 0.2) is 0 Å². The Kier molecular flexibility index (Phi) is 5.40. The van der Waals surface area contributed by atoms with Gasteiger partial charge < -0.3 is 10.0 Å². The van der Waals surface area contributed by atoms with E-state index in [2.05, 4.69) is 21.8 Å². The summed E-state index contributed by atoms with van der Waals surface area (Å²) >= 11 is 6.10. The van der Waals surface area contributed by atoms with Crippen molar-refractivity contribution in [1.29, 1.82) is 0 Å². The second-order valence-corrected chi connectivity index (χ2v) is 5.46. The van der Waals surface area contributed by atoms with E-state index in [4.69, 9.17) is 11.6 Å². The van der Waals surface area contributed by atoms with Gasteiger partial charge in [0.25, 0.3) is 0 Å². The number of anilines is 1. The number of hydrogen-bond acceptors (Lipinski definition) is 4. The van der Waals surface area contributed by atoms with Crippen molar-refractivity contribution in [2.75, 3.05) is 18.1 Å². The number of aliphatic hydroxyl groups is 1. The van der Waals surface area contributed by atoms with E-state index in [1.54, 1.807) is 0 Å². The summed E-state index contributed by atoms with van der Waals surface area (Å²) in [5.74, 6) is 1.66. The van der Waals surface area contributed by atoms with Crippen LogP contribution < -0.4 is 4.90 Å². The van der Waals surface area contributed by atoms with Crippen molar-refractivity contribution in [3.63, 3.8) is 0 Å². The molecule has 0 amide bonds. The molecule has 0 aliphatic heterocycles. The van der Waals surface area contributed by atoms with Crippen LogP contribution in [0.3, 0.4) is 0 Å². The summed E-state index contributed by atoms with van der Waals surface area (Å²) in [6, 6.07) is 2.29. The van der Waals surface area contributed by atoms with Crippen molar-refractivity contribution in [2.45, 2.75) is 51.5 Å². The maximum Gasteiger partial charge on any atom is 0.134 e. The van der Waals surface area contributed by atoms with Gasteiger partial charge in [-0.1, -0.05) is 31.4 Å². The molecule has 0 radical (unpaired) electrons. The number of halogens is 1. The Morgan fingerprint density at radius 3 is 2.74 bits per heavy atom. The molecule has 1 N–H and O–H groups in total. The fourth-order valence-corrected chi connectivity index (χ4v) is 2.94. The Morgan fingerprint density at radius 2 is 2.11 bits per heavy atom. The Morgan fingerprint density at radius 1 is 1.37 bits per heavy atom. The first-order valence-corrected chi connectivity index (χ1v) is 7.53. The molecule has 1 aliphatic carbocycles. The molecule has 0 spiro atoms. The molecule has 5 heteroatoms. The molecule has 1 aromatic rings. The van der Waals surface area contributed by atoms with Crippen LogP contribution in [-0.4, -0.2) is 34.3 Å². The zero-order chi connectivity index (χ0) is 13.7. The van der Waals surface area contributed by atoms with Crippen molar-refractivity contribution in [3.8, 4) is 0 Å². The van der Waals surface area contributed by atoms with Gasteiger partial charge in [-0.05, 0) is 19.3 Å². The summed E-state index contributed by atoms with van der Waals surface area (Å²) in [5, 5.41) is 9.78. The molecule has 1 saturated carbocycles. The lowest BCUT2D eigenvalue weighted by atomic mass is 10.2. The molecule has 0 aromatic carbocycles. The average molecular weight is 284 g/mol. The van der Waals surface area contributed by atoms with Crippen LogP contribution in [0.2, 0.25) is 5.15 Å². The van der Waals surface area contributed by atoms with Crippen LogP contribution in [0.1, 0.15) is 44.9 Å². The monoisotopic (exact) mass is 283 g/mol. The van der Waals surface area contributed by atoms with E-state index < -0.39 is 0 Å². The summed E-state index contributed by atoms with van der Waals surface area (Å²) in [7, 11) is 0. The molecule has 0 saturated heterocycles. The van der Waals surface area contributed by atoms with Gasteiger partial charge in [-0.2, -0.15) is 0 Å². The largest absolute Gasteiger partial charge is 0.395 e. The van der Waals surface area contributed by atoms with Crippen molar-refractivity contribution < 1.29 is 5.11 Å². The van der Waals surface area contributed by atoms with E-state index >= 15 is 0 Å². The number of rotatable bonds is 6. The number of aryl methyl sites for hydroxylation is 1. The minimum absolute atomic E-state index is 0.140. The molecule has 1 aliphatic rings. The summed E-state index contributed by atoms with van der Waals surface area (Å²) in [6.07, 6.45) is 6.70. The first kappa shape index (κ1) is 14.5. The van der Waals surface area contributed by atoms with Crippen LogP contribution in [0.5, 0.6) is 0 Å². The number of hydrogen-bond donors (Lipinski definition) is 1. The lowest BCUT2D eigenvalue weighted by Crippen LogP contribution is -2.36. The van der Waals surface area contributed by atoms with Crippen LogP contribution in [-0.2, 0) is 6.42 Å². The van der Waals surface area contributed by atoms with Gasteiger partial charge in [-0.15, -0.1) is 0 Å². The topological polar surface area (TPSA) is 49.2 Å². The fourth-order valence-electron chi connectivity index (χ4n) is 2.74. The average Bonchev–Trinajstić information content (AvgIpc) is 2.89. The highest BCUT2D eigenvalue weighted by Gasteiger charge is 2.24. The lowest BCUT2D eigenvalue weighted by Gasteiger charge is -2.29. The summed E-state index contributed by atoms with van der Waals surface area (Å²) in [6.45, 7) is 2.86. The Labute approximate surface area is 119 Å². The van der Waals surface area contributed by atoms with Crippen molar-refractivity contribution in [2.24, 2.45) is 0 Å². The zero-order valence-electron chi connectivity index (χ0n) is 11.5. The highest BCUT2D eigenvalue weighted by Crippen LogP contribution is 2.28. The van der Waals surface area contributed by atoms with Crippen LogP contribution in [0.4, 0.5) is 5.82 Å². The summed E-state index contributed by atoms with van der Waals surface area (Å²) < 4.78 is 0. The molecular formula is C14H22ClN3O. The van der Waals surface area contributed by atoms with Gasteiger partial charge in [-0.25, -0.2) is 9.97 Å². The lowest BCUT2D eigenvalue weighted by molar-refractivity contribution is 0.296. The van der Waals surface area contributed by atoms with E-state index in [0.717, 1.165) is 24.5 Å². The molecule has 0 atom stereocenters. The predicted octanol–water partition coefficient (Wildman–Crippen LogP) is 2.82. The molecule has 0 unspecified atom stereocenters. The maximum absolute atomic E-state index is 9.28. The Bertz CT molecular complexity index is 408. The second kappa shape index (κ2) is 7.06. The van der Waals surface area contributed by atoms with Crippen molar-refractivity contribution in [3.05, 3.63) is 17.0 Å². The first-order chi connectivity index (χ1) is 9.24. The highest BCUT2D eigenvalue weighted by atomic mass is 35.5. The number of aliphatic hydroxyl groups excluding tert-OH is 1. The third kappa shape index (κ3) is 3.80. The minimum atomic E-state index is 0.140. The van der Waals surface area contributed by atoms with Gasteiger partial charge in [0.2, 0.25) is 0 Å². The summed E-state index contributed by atoms with van der Waals surface area (Å²) in [4.78, 5) is 11.1. The smallest absolute Gasteiger partial charge is 0.134 e. The Hall–Kier alpha value is -0.870. The molecular weight excluding hydrogens is 262 g/mol. The van der Waals surface area contributed by atoms with Crippen LogP contribution in [0.25, 0.3) is 0 Å². The first-order valence-electron chi connectivity index (χ1n) is 7.15. The quantitative estimate of drug-likeness (QED) is 0.816. The molecule has 4 nitrogen and oxygen atoms in total. The Balaban J connectivity index is 2.24. The van der Waals surface area contributed by atoms with Gasteiger partial charge in [-0.3, -0.25) is 0 Å². The predicted molar refractivity (Wildman–Crippen MR) is 77.7 cm³/mol. The van der Waals surface area contributed by atoms with Gasteiger partial charge in [0.1, 0.15) is 16.8 Å². The third-order valence-corrected chi connectivity index (χ3v) is 3.80. The molecule has 1 aromatic heterocycles. The van der Waals surface area contributed by atoms with E-state index in [1.165, 1.54) is 25.7 Å². The van der Waals surface area contributed by atoms with E-state index in [9.17, 15) is 5.11 Å². The molecule has 1 fully saturated rings. The molecule has 1 heterocycles. The zero-order valence-corrected chi connectivity index (χ0v) is 12.2. The highest BCUT2D eigenvalue weighted by molar-refractivity contribution is 6.29. The van der Waals surface area contributed by atoms with Crippen LogP contribution >= 0.6 is 11.6 Å². The van der Waals surface area contributed by atoms with Gasteiger partial charge >= 0.3 is 0 Å². The van der Waals surface area contributed by atoms with Crippen molar-refractivity contribution in [1.82, 2.24) is 9.97 Å². The van der Waals surface area contributed by atoms with E-state index in [1.807, 2.05) is 6.07 Å². The third-order valence-electron chi connectivity index (χ3n) is 3.60. The van der Waals surface area contributed by atoms with E-state index in [0.29, 0.717) is 17.7 Å². The normalized spacial score (nSPS) is 15.9. The molecule has 106 valence electrons. The second-order valence-electron chi connectivity index (χ2n) is 5.07. The maximum atomic E-state index is 9.28. The van der Waals surface area contributed by atoms with Gasteiger partial charge in [0, 0.05) is 25.1 Å². The molecule has 19 heavy (non-hydrogen) atoms. The fraction of sp³-hybridized carbons (Fsp3) is 0.714. The van der Waals surface area contributed by atoms with Gasteiger partial charge in [0.05, 0.1) is 6.61 Å². The number of aromatic nitrogens is 2. The molecule has 2 rings (SSSR count).